The summed E-state index contributed by atoms with van der Waals surface area (Å²) in [6.07, 6.45) is 0. The predicted molar refractivity (Wildman–Crippen MR) is 54.7 cm³/mol. The summed E-state index contributed by atoms with van der Waals surface area (Å²) in [5.74, 6) is 0. The molecule has 0 saturated carbocycles. The number of benzene rings is 1. The maximum absolute atomic E-state index is 6.01. The van der Waals surface area contributed by atoms with Crippen LogP contribution in [0.2, 0.25) is 5.02 Å². The quantitative estimate of drug-likeness (QED) is 0.686. The molecule has 0 aromatic heterocycles. The molecule has 2 rings (SSSR count). The molecule has 1 aliphatic heterocycles. The van der Waals surface area contributed by atoms with E-state index in [9.17, 15) is 0 Å². The lowest BCUT2D eigenvalue weighted by Crippen LogP contribution is -2.34. The molecule has 0 saturated heterocycles. The van der Waals surface area contributed by atoms with Crippen molar-refractivity contribution in [3.05, 3.63) is 34.3 Å². The molecule has 70 valence electrons. The van der Waals surface area contributed by atoms with Crippen molar-refractivity contribution in [1.82, 2.24) is 4.90 Å². The Morgan fingerprint density at radius 3 is 3.08 bits per heavy atom. The number of hydrogen-bond acceptors (Lipinski definition) is 2. The van der Waals surface area contributed by atoms with Gasteiger partial charge in [0.2, 0.25) is 0 Å². The van der Waals surface area contributed by atoms with Gasteiger partial charge in [0.1, 0.15) is 0 Å². The van der Waals surface area contributed by atoms with Gasteiger partial charge in [-0.05, 0) is 30.3 Å². The van der Waals surface area contributed by atoms with Crippen LogP contribution in [-0.4, -0.2) is 18.5 Å². The normalized spacial score (nSPS) is 22.8. The molecule has 13 heavy (non-hydrogen) atoms. The van der Waals surface area contributed by atoms with Crippen molar-refractivity contribution >= 4 is 11.6 Å². The van der Waals surface area contributed by atoms with Gasteiger partial charge in [-0.15, -0.1) is 0 Å². The highest BCUT2D eigenvalue weighted by Gasteiger charge is 2.19. The van der Waals surface area contributed by atoms with E-state index in [1.54, 1.807) is 0 Å². The number of fused-ring (bicyclic) bond motifs is 1. The Kier molecular flexibility index (Phi) is 2.28. The van der Waals surface area contributed by atoms with Crippen LogP contribution in [0, 0.1) is 0 Å². The molecule has 0 radical (unpaired) electrons. The number of rotatable bonds is 0. The van der Waals surface area contributed by atoms with Gasteiger partial charge < -0.3 is 10.6 Å². The lowest BCUT2D eigenvalue weighted by atomic mass is 9.96. The zero-order valence-corrected chi connectivity index (χ0v) is 8.38. The minimum atomic E-state index is 0.104. The van der Waals surface area contributed by atoms with Gasteiger partial charge in [0.25, 0.3) is 0 Å². The van der Waals surface area contributed by atoms with E-state index in [1.807, 2.05) is 12.1 Å². The Balaban J connectivity index is 2.43. The molecule has 0 amide bonds. The minimum Gasteiger partial charge on any atom is -0.323 e. The molecule has 1 aromatic carbocycles. The van der Waals surface area contributed by atoms with Crippen molar-refractivity contribution in [1.29, 1.82) is 0 Å². The van der Waals surface area contributed by atoms with Gasteiger partial charge in [-0.3, -0.25) is 0 Å². The monoisotopic (exact) mass is 196 g/mol. The number of likely N-dealkylation sites (N-methyl/N-ethyl adjacent to an activating group) is 1. The van der Waals surface area contributed by atoms with Crippen LogP contribution in [0.1, 0.15) is 17.2 Å². The van der Waals surface area contributed by atoms with Gasteiger partial charge in [0, 0.05) is 24.2 Å². The second-order valence-electron chi connectivity index (χ2n) is 3.65. The first kappa shape index (κ1) is 9.00. The van der Waals surface area contributed by atoms with Crippen molar-refractivity contribution in [2.45, 2.75) is 12.6 Å². The zero-order chi connectivity index (χ0) is 9.42. The third kappa shape index (κ3) is 1.70. The molecule has 0 fully saturated rings. The lowest BCUT2D eigenvalue weighted by molar-refractivity contribution is 0.283. The second-order valence-corrected chi connectivity index (χ2v) is 4.08. The number of nitrogens with zero attached hydrogens (tertiary/aromatic N) is 1. The van der Waals surface area contributed by atoms with Crippen molar-refractivity contribution in [3.63, 3.8) is 0 Å². The van der Waals surface area contributed by atoms with E-state index in [4.69, 9.17) is 17.3 Å². The molecule has 0 bridgehead atoms. The Labute approximate surface area is 83.3 Å². The standard InChI is InChI=1S/C10H13ClN2/c1-13-5-7-2-3-8(11)4-9(7)10(12)6-13/h2-4,10H,5-6,12H2,1H3. The smallest absolute Gasteiger partial charge is 0.0428 e. The largest absolute Gasteiger partial charge is 0.323 e. The predicted octanol–water partition coefficient (Wildman–Crippen LogP) is 1.79. The highest BCUT2D eigenvalue weighted by molar-refractivity contribution is 6.30. The first-order chi connectivity index (χ1) is 6.16. The fraction of sp³-hybridized carbons (Fsp3) is 0.400. The number of hydrogen-bond donors (Lipinski definition) is 1. The van der Waals surface area contributed by atoms with Gasteiger partial charge in [-0.25, -0.2) is 0 Å². The molecular weight excluding hydrogens is 184 g/mol. The highest BCUT2D eigenvalue weighted by Crippen LogP contribution is 2.26. The van der Waals surface area contributed by atoms with Crippen LogP contribution < -0.4 is 5.73 Å². The number of nitrogens with two attached hydrogens (primary N) is 1. The Morgan fingerprint density at radius 2 is 2.31 bits per heavy atom. The van der Waals surface area contributed by atoms with Crippen molar-refractivity contribution in [3.8, 4) is 0 Å². The van der Waals surface area contributed by atoms with Gasteiger partial charge >= 0.3 is 0 Å². The van der Waals surface area contributed by atoms with Crippen LogP contribution in [0.5, 0.6) is 0 Å². The molecule has 1 unspecified atom stereocenters. The molecule has 1 aliphatic rings. The second kappa shape index (κ2) is 3.29. The summed E-state index contributed by atoms with van der Waals surface area (Å²) >= 11 is 5.91. The van der Waals surface area contributed by atoms with E-state index in [1.165, 1.54) is 11.1 Å². The Hall–Kier alpha value is -0.570. The molecular formula is C10H13ClN2. The maximum atomic E-state index is 6.01. The fourth-order valence-corrected chi connectivity index (χ4v) is 2.02. The summed E-state index contributed by atoms with van der Waals surface area (Å²) in [6.45, 7) is 1.88. The molecule has 2 N–H and O–H groups in total. The maximum Gasteiger partial charge on any atom is 0.0428 e. The molecule has 1 heterocycles. The Bertz CT molecular complexity index is 325. The SMILES string of the molecule is CN1Cc2ccc(Cl)cc2C(N)C1. The van der Waals surface area contributed by atoms with E-state index in [0.717, 1.165) is 18.1 Å². The van der Waals surface area contributed by atoms with E-state index < -0.39 is 0 Å². The highest BCUT2D eigenvalue weighted by atomic mass is 35.5. The summed E-state index contributed by atoms with van der Waals surface area (Å²) in [4.78, 5) is 2.22. The molecule has 1 atom stereocenters. The minimum absolute atomic E-state index is 0.104. The van der Waals surface area contributed by atoms with Crippen LogP contribution in [0.4, 0.5) is 0 Å². The number of halogens is 1. The zero-order valence-electron chi connectivity index (χ0n) is 7.63. The summed E-state index contributed by atoms with van der Waals surface area (Å²) in [5, 5.41) is 0.777. The summed E-state index contributed by atoms with van der Waals surface area (Å²) in [6, 6.07) is 6.07. The molecule has 0 aliphatic carbocycles. The van der Waals surface area contributed by atoms with Crippen LogP contribution in [0.15, 0.2) is 18.2 Å². The third-order valence-electron chi connectivity index (χ3n) is 2.46. The van der Waals surface area contributed by atoms with Crippen molar-refractivity contribution < 1.29 is 0 Å². The average molecular weight is 197 g/mol. The van der Waals surface area contributed by atoms with Gasteiger partial charge in [0.15, 0.2) is 0 Å². The summed E-state index contributed by atoms with van der Waals surface area (Å²) < 4.78 is 0. The van der Waals surface area contributed by atoms with Crippen LogP contribution >= 0.6 is 11.6 Å². The fourth-order valence-electron chi connectivity index (χ4n) is 1.84. The first-order valence-corrected chi connectivity index (χ1v) is 4.77. The molecule has 2 nitrogen and oxygen atoms in total. The Morgan fingerprint density at radius 1 is 1.54 bits per heavy atom. The van der Waals surface area contributed by atoms with E-state index >= 15 is 0 Å². The first-order valence-electron chi connectivity index (χ1n) is 4.39. The van der Waals surface area contributed by atoms with Crippen LogP contribution in [-0.2, 0) is 6.54 Å². The van der Waals surface area contributed by atoms with E-state index in [0.29, 0.717) is 0 Å². The molecule has 3 heteroatoms. The average Bonchev–Trinajstić information content (AvgIpc) is 2.06. The van der Waals surface area contributed by atoms with Gasteiger partial charge in [-0.2, -0.15) is 0 Å². The summed E-state index contributed by atoms with van der Waals surface area (Å²) in [5.41, 5.74) is 8.50. The third-order valence-corrected chi connectivity index (χ3v) is 2.69. The molecule has 0 spiro atoms. The van der Waals surface area contributed by atoms with Crippen molar-refractivity contribution in [2.75, 3.05) is 13.6 Å². The van der Waals surface area contributed by atoms with Crippen LogP contribution in [0.25, 0.3) is 0 Å². The van der Waals surface area contributed by atoms with Gasteiger partial charge in [-0.1, -0.05) is 17.7 Å². The van der Waals surface area contributed by atoms with E-state index in [2.05, 4.69) is 18.0 Å². The van der Waals surface area contributed by atoms with E-state index in [-0.39, 0.29) is 6.04 Å². The summed E-state index contributed by atoms with van der Waals surface area (Å²) in [7, 11) is 2.08. The van der Waals surface area contributed by atoms with Crippen LogP contribution in [0.3, 0.4) is 0 Å². The lowest BCUT2D eigenvalue weighted by Gasteiger charge is -2.29. The molecule has 1 aromatic rings. The van der Waals surface area contributed by atoms with Crippen molar-refractivity contribution in [2.24, 2.45) is 5.73 Å². The van der Waals surface area contributed by atoms with Gasteiger partial charge in [0.05, 0.1) is 0 Å². The topological polar surface area (TPSA) is 29.3 Å².